The van der Waals surface area contributed by atoms with Gasteiger partial charge in [-0.1, -0.05) is 41.0 Å². The number of nitrogens with one attached hydrogen (secondary N) is 1. The monoisotopic (exact) mass is 240 g/mol. The van der Waals surface area contributed by atoms with E-state index in [4.69, 9.17) is 0 Å². The van der Waals surface area contributed by atoms with Crippen LogP contribution in [-0.2, 0) is 4.79 Å². The lowest BCUT2D eigenvalue weighted by Gasteiger charge is -2.32. The summed E-state index contributed by atoms with van der Waals surface area (Å²) in [5.41, 5.74) is 0. The summed E-state index contributed by atoms with van der Waals surface area (Å²) in [6, 6.07) is 0.345. The second-order valence-electron chi connectivity index (χ2n) is 5.96. The maximum atomic E-state index is 12.4. The van der Waals surface area contributed by atoms with Crippen LogP contribution in [0.5, 0.6) is 0 Å². The average Bonchev–Trinajstić information content (AvgIpc) is 2.56. The first-order chi connectivity index (χ1) is 7.90. The standard InChI is InChI=1S/C14H28N2O/c1-7-8-11(6)16-13(10(4)5)15-12(9(2)3)14(16)17/h9-13,15H,7-8H2,1-6H3. The van der Waals surface area contributed by atoms with E-state index in [1.54, 1.807) is 0 Å². The summed E-state index contributed by atoms with van der Waals surface area (Å²) < 4.78 is 0. The molecular formula is C14H28N2O. The minimum absolute atomic E-state index is 0.00158. The molecule has 0 spiro atoms. The minimum atomic E-state index is 0.00158. The van der Waals surface area contributed by atoms with E-state index in [0.29, 0.717) is 23.8 Å². The summed E-state index contributed by atoms with van der Waals surface area (Å²) in [4.78, 5) is 14.5. The van der Waals surface area contributed by atoms with Gasteiger partial charge in [0.1, 0.15) is 0 Å². The Morgan fingerprint density at radius 3 is 2.18 bits per heavy atom. The average molecular weight is 240 g/mol. The number of hydrogen-bond acceptors (Lipinski definition) is 2. The van der Waals surface area contributed by atoms with Crippen molar-refractivity contribution in [2.45, 2.75) is 72.6 Å². The van der Waals surface area contributed by atoms with Crippen molar-refractivity contribution >= 4 is 5.91 Å². The van der Waals surface area contributed by atoms with Gasteiger partial charge in [0.2, 0.25) is 5.91 Å². The second kappa shape index (κ2) is 5.85. The Morgan fingerprint density at radius 1 is 1.18 bits per heavy atom. The summed E-state index contributed by atoms with van der Waals surface area (Å²) in [6.07, 6.45) is 2.42. The molecule has 0 bridgehead atoms. The van der Waals surface area contributed by atoms with Crippen molar-refractivity contribution in [2.75, 3.05) is 0 Å². The zero-order chi connectivity index (χ0) is 13.2. The zero-order valence-corrected chi connectivity index (χ0v) is 12.2. The van der Waals surface area contributed by atoms with Gasteiger partial charge in [0.05, 0.1) is 12.2 Å². The molecule has 1 aliphatic heterocycles. The molecule has 0 radical (unpaired) electrons. The zero-order valence-electron chi connectivity index (χ0n) is 12.2. The van der Waals surface area contributed by atoms with E-state index in [-0.39, 0.29) is 12.2 Å². The predicted molar refractivity (Wildman–Crippen MR) is 71.6 cm³/mol. The molecule has 0 aromatic carbocycles. The highest BCUT2D eigenvalue weighted by atomic mass is 16.2. The van der Waals surface area contributed by atoms with Crippen LogP contribution in [0.3, 0.4) is 0 Å². The number of hydrogen-bond donors (Lipinski definition) is 1. The lowest BCUT2D eigenvalue weighted by molar-refractivity contribution is -0.133. The van der Waals surface area contributed by atoms with Crippen molar-refractivity contribution in [3.8, 4) is 0 Å². The van der Waals surface area contributed by atoms with E-state index in [1.165, 1.54) is 0 Å². The van der Waals surface area contributed by atoms with Crippen molar-refractivity contribution < 1.29 is 4.79 Å². The van der Waals surface area contributed by atoms with E-state index < -0.39 is 0 Å². The fraction of sp³-hybridized carbons (Fsp3) is 0.929. The van der Waals surface area contributed by atoms with Crippen molar-refractivity contribution in [3.63, 3.8) is 0 Å². The summed E-state index contributed by atoms with van der Waals surface area (Å²) in [5, 5.41) is 3.51. The third kappa shape index (κ3) is 3.01. The van der Waals surface area contributed by atoms with Crippen LogP contribution in [-0.4, -0.2) is 29.1 Å². The first kappa shape index (κ1) is 14.5. The molecule has 3 nitrogen and oxygen atoms in total. The SMILES string of the molecule is CCCC(C)N1C(=O)C(C(C)C)NC1C(C)C. The smallest absolute Gasteiger partial charge is 0.241 e. The van der Waals surface area contributed by atoms with Gasteiger partial charge in [0.25, 0.3) is 0 Å². The quantitative estimate of drug-likeness (QED) is 0.801. The molecule has 3 heteroatoms. The summed E-state index contributed by atoms with van der Waals surface area (Å²) >= 11 is 0. The van der Waals surface area contributed by atoms with Crippen molar-refractivity contribution in [2.24, 2.45) is 11.8 Å². The van der Waals surface area contributed by atoms with Crippen molar-refractivity contribution in [3.05, 3.63) is 0 Å². The van der Waals surface area contributed by atoms with Crippen LogP contribution in [0.4, 0.5) is 0 Å². The Balaban J connectivity index is 2.86. The number of nitrogens with zero attached hydrogens (tertiary/aromatic N) is 1. The molecular weight excluding hydrogens is 212 g/mol. The van der Waals surface area contributed by atoms with E-state index in [2.05, 4.69) is 51.8 Å². The summed E-state index contributed by atoms with van der Waals surface area (Å²) in [6.45, 7) is 12.9. The lowest BCUT2D eigenvalue weighted by Crippen LogP contribution is -2.46. The van der Waals surface area contributed by atoms with E-state index in [0.717, 1.165) is 12.8 Å². The number of rotatable bonds is 5. The molecule has 1 heterocycles. The predicted octanol–water partition coefficient (Wildman–Crippen LogP) is 2.61. The highest BCUT2D eigenvalue weighted by Crippen LogP contribution is 2.25. The molecule has 1 amide bonds. The molecule has 1 aliphatic rings. The van der Waals surface area contributed by atoms with Crippen LogP contribution in [0, 0.1) is 11.8 Å². The van der Waals surface area contributed by atoms with Crippen LogP contribution >= 0.6 is 0 Å². The van der Waals surface area contributed by atoms with Gasteiger partial charge in [0.15, 0.2) is 0 Å². The highest BCUT2D eigenvalue weighted by Gasteiger charge is 2.43. The second-order valence-corrected chi connectivity index (χ2v) is 5.96. The van der Waals surface area contributed by atoms with Gasteiger partial charge in [0, 0.05) is 6.04 Å². The Labute approximate surface area is 106 Å². The third-order valence-electron chi connectivity index (χ3n) is 3.65. The maximum absolute atomic E-state index is 12.4. The van der Waals surface area contributed by atoms with Crippen LogP contribution in [0.25, 0.3) is 0 Å². The fourth-order valence-electron chi connectivity index (χ4n) is 2.67. The topological polar surface area (TPSA) is 32.3 Å². The Hall–Kier alpha value is -0.570. The first-order valence-corrected chi connectivity index (χ1v) is 6.98. The van der Waals surface area contributed by atoms with Crippen LogP contribution in [0.2, 0.25) is 0 Å². The number of carbonyl (C=O) groups is 1. The first-order valence-electron chi connectivity index (χ1n) is 6.98. The molecule has 100 valence electrons. The summed E-state index contributed by atoms with van der Waals surface area (Å²) in [5.74, 6) is 1.12. The molecule has 0 aromatic rings. The highest BCUT2D eigenvalue weighted by molar-refractivity contribution is 5.85. The molecule has 0 aliphatic carbocycles. The van der Waals surface area contributed by atoms with Crippen LogP contribution in [0.15, 0.2) is 0 Å². The number of amides is 1. The largest absolute Gasteiger partial charge is 0.323 e. The van der Waals surface area contributed by atoms with Crippen LogP contribution < -0.4 is 5.32 Å². The Morgan fingerprint density at radius 2 is 1.76 bits per heavy atom. The molecule has 1 N–H and O–H groups in total. The van der Waals surface area contributed by atoms with Gasteiger partial charge in [-0.3, -0.25) is 10.1 Å². The molecule has 0 saturated carbocycles. The van der Waals surface area contributed by atoms with E-state index in [9.17, 15) is 4.79 Å². The van der Waals surface area contributed by atoms with Gasteiger partial charge in [-0.05, 0) is 25.2 Å². The van der Waals surface area contributed by atoms with Crippen LogP contribution in [0.1, 0.15) is 54.4 Å². The van der Waals surface area contributed by atoms with Gasteiger partial charge < -0.3 is 4.90 Å². The van der Waals surface area contributed by atoms with Crippen molar-refractivity contribution in [1.29, 1.82) is 0 Å². The van der Waals surface area contributed by atoms with Gasteiger partial charge in [-0.25, -0.2) is 0 Å². The summed E-state index contributed by atoms with van der Waals surface area (Å²) in [7, 11) is 0. The molecule has 1 rings (SSSR count). The maximum Gasteiger partial charge on any atom is 0.241 e. The third-order valence-corrected chi connectivity index (χ3v) is 3.65. The normalized spacial score (nSPS) is 27.3. The van der Waals surface area contributed by atoms with Gasteiger partial charge >= 0.3 is 0 Å². The minimum Gasteiger partial charge on any atom is -0.323 e. The molecule has 3 atom stereocenters. The number of carbonyl (C=O) groups excluding carboxylic acids is 1. The molecule has 3 unspecified atom stereocenters. The molecule has 1 fully saturated rings. The van der Waals surface area contributed by atoms with E-state index >= 15 is 0 Å². The van der Waals surface area contributed by atoms with Gasteiger partial charge in [-0.2, -0.15) is 0 Å². The Kier molecular flexibility index (Phi) is 4.99. The Bertz CT molecular complexity index is 263. The van der Waals surface area contributed by atoms with Gasteiger partial charge in [-0.15, -0.1) is 0 Å². The molecule has 17 heavy (non-hydrogen) atoms. The fourth-order valence-corrected chi connectivity index (χ4v) is 2.67. The molecule has 1 saturated heterocycles. The molecule has 0 aromatic heterocycles. The lowest BCUT2D eigenvalue weighted by atomic mass is 10.0. The van der Waals surface area contributed by atoms with E-state index in [1.807, 2.05) is 0 Å². The van der Waals surface area contributed by atoms with Crippen molar-refractivity contribution in [1.82, 2.24) is 10.2 Å².